The van der Waals surface area contributed by atoms with E-state index in [0.717, 1.165) is 22.6 Å². The zero-order valence-electron chi connectivity index (χ0n) is 12.7. The fourth-order valence-electron chi connectivity index (χ4n) is 1.90. The summed E-state index contributed by atoms with van der Waals surface area (Å²) in [6.07, 6.45) is 1.69. The van der Waals surface area contributed by atoms with Crippen molar-refractivity contribution in [1.82, 2.24) is 5.43 Å². The highest BCUT2D eigenvalue weighted by atomic mass is 32.1. The number of hydrogen-bond donors (Lipinski definition) is 2. The van der Waals surface area contributed by atoms with E-state index in [4.69, 9.17) is 17.0 Å². The first-order valence-corrected chi connectivity index (χ1v) is 7.49. The quantitative estimate of drug-likeness (QED) is 0.502. The molecule has 0 aromatic heterocycles. The highest BCUT2D eigenvalue weighted by Gasteiger charge is 2.00. The molecule has 4 nitrogen and oxygen atoms in total. The van der Waals surface area contributed by atoms with Gasteiger partial charge >= 0.3 is 0 Å². The molecule has 2 aromatic carbocycles. The second kappa shape index (κ2) is 8.14. The van der Waals surface area contributed by atoms with Crippen LogP contribution in [-0.4, -0.2) is 17.9 Å². The Labute approximate surface area is 136 Å². The molecular weight excluding hydrogens is 294 g/mol. The molecular formula is C17H19N3OS. The van der Waals surface area contributed by atoms with Gasteiger partial charge in [0.25, 0.3) is 0 Å². The van der Waals surface area contributed by atoms with E-state index >= 15 is 0 Å². The Bertz CT molecular complexity index is 670. The molecule has 114 valence electrons. The minimum atomic E-state index is 0.444. The number of benzene rings is 2. The topological polar surface area (TPSA) is 45.6 Å². The first-order chi connectivity index (χ1) is 10.7. The molecule has 2 aromatic rings. The highest BCUT2D eigenvalue weighted by molar-refractivity contribution is 7.80. The lowest BCUT2D eigenvalue weighted by atomic mass is 10.2. The summed E-state index contributed by atoms with van der Waals surface area (Å²) in [6.45, 7) is 4.59. The van der Waals surface area contributed by atoms with Crippen LogP contribution in [0.2, 0.25) is 0 Å². The highest BCUT2D eigenvalue weighted by Crippen LogP contribution is 2.15. The van der Waals surface area contributed by atoms with Crippen LogP contribution in [0.3, 0.4) is 0 Å². The number of para-hydroxylation sites is 2. The van der Waals surface area contributed by atoms with Gasteiger partial charge in [0.1, 0.15) is 5.75 Å². The third-order valence-electron chi connectivity index (χ3n) is 2.98. The largest absolute Gasteiger partial charge is 0.493 e. The van der Waals surface area contributed by atoms with Gasteiger partial charge in [-0.25, -0.2) is 0 Å². The van der Waals surface area contributed by atoms with Crippen LogP contribution in [0.1, 0.15) is 18.1 Å². The van der Waals surface area contributed by atoms with Crippen LogP contribution in [0.4, 0.5) is 5.69 Å². The fraction of sp³-hybridized carbons (Fsp3) is 0.176. The molecule has 0 amide bonds. The van der Waals surface area contributed by atoms with Gasteiger partial charge < -0.3 is 10.1 Å². The van der Waals surface area contributed by atoms with Gasteiger partial charge in [0, 0.05) is 11.3 Å². The van der Waals surface area contributed by atoms with Gasteiger partial charge in [-0.2, -0.15) is 5.10 Å². The number of ether oxygens (including phenoxy) is 1. The Hall–Kier alpha value is -2.40. The van der Waals surface area contributed by atoms with E-state index in [0.29, 0.717) is 11.7 Å². The zero-order valence-corrected chi connectivity index (χ0v) is 13.5. The smallest absolute Gasteiger partial charge is 0.191 e. The van der Waals surface area contributed by atoms with Gasteiger partial charge in [-0.05, 0) is 49.8 Å². The zero-order chi connectivity index (χ0) is 15.8. The van der Waals surface area contributed by atoms with Crippen LogP contribution in [0.5, 0.6) is 5.75 Å². The van der Waals surface area contributed by atoms with Crippen molar-refractivity contribution in [2.75, 3.05) is 11.9 Å². The normalized spacial score (nSPS) is 10.5. The first-order valence-electron chi connectivity index (χ1n) is 7.08. The van der Waals surface area contributed by atoms with Crippen molar-refractivity contribution < 1.29 is 4.74 Å². The number of hydrazone groups is 1. The van der Waals surface area contributed by atoms with Gasteiger partial charge in [0.05, 0.1) is 12.8 Å². The summed E-state index contributed by atoms with van der Waals surface area (Å²) in [5, 5.41) is 7.71. The number of rotatable bonds is 5. The molecule has 0 bridgehead atoms. The van der Waals surface area contributed by atoms with Gasteiger partial charge in [0.15, 0.2) is 5.11 Å². The van der Waals surface area contributed by atoms with Crippen molar-refractivity contribution in [2.24, 2.45) is 5.10 Å². The molecule has 0 unspecified atom stereocenters. The molecule has 0 aliphatic rings. The number of thiocarbonyl (C=S) groups is 1. The molecule has 2 N–H and O–H groups in total. The van der Waals surface area contributed by atoms with Crippen LogP contribution in [0.25, 0.3) is 0 Å². The summed E-state index contributed by atoms with van der Waals surface area (Å²) in [5.41, 5.74) is 5.79. The lowest BCUT2D eigenvalue weighted by molar-refractivity contribution is 0.340. The van der Waals surface area contributed by atoms with Crippen molar-refractivity contribution >= 4 is 29.2 Å². The molecule has 0 saturated heterocycles. The van der Waals surface area contributed by atoms with E-state index in [1.807, 2.05) is 62.4 Å². The Morgan fingerprint density at radius 2 is 1.91 bits per heavy atom. The van der Waals surface area contributed by atoms with Crippen LogP contribution in [-0.2, 0) is 0 Å². The molecule has 2 rings (SSSR count). The molecule has 0 aliphatic carbocycles. The Morgan fingerprint density at radius 1 is 1.18 bits per heavy atom. The van der Waals surface area contributed by atoms with Gasteiger partial charge in [-0.3, -0.25) is 5.43 Å². The van der Waals surface area contributed by atoms with Crippen LogP contribution < -0.4 is 15.5 Å². The molecule has 22 heavy (non-hydrogen) atoms. The number of hydrogen-bond acceptors (Lipinski definition) is 3. The first kappa shape index (κ1) is 16.0. The third kappa shape index (κ3) is 4.56. The average Bonchev–Trinajstić information content (AvgIpc) is 2.51. The van der Waals surface area contributed by atoms with E-state index in [1.54, 1.807) is 6.21 Å². The SMILES string of the molecule is CCOc1ccccc1/C=N\NC(=S)Nc1ccccc1C. The molecule has 0 fully saturated rings. The number of anilines is 1. The van der Waals surface area contributed by atoms with E-state index in [-0.39, 0.29) is 0 Å². The lowest BCUT2D eigenvalue weighted by Gasteiger charge is -2.09. The minimum Gasteiger partial charge on any atom is -0.493 e. The maximum atomic E-state index is 5.54. The van der Waals surface area contributed by atoms with Crippen molar-refractivity contribution in [3.05, 3.63) is 59.7 Å². The Balaban J connectivity index is 1.95. The molecule has 0 heterocycles. The maximum absolute atomic E-state index is 5.54. The minimum absolute atomic E-state index is 0.444. The average molecular weight is 313 g/mol. The predicted molar refractivity (Wildman–Crippen MR) is 95.7 cm³/mol. The monoisotopic (exact) mass is 313 g/mol. The van der Waals surface area contributed by atoms with E-state index in [9.17, 15) is 0 Å². The fourth-order valence-corrected chi connectivity index (χ4v) is 2.06. The van der Waals surface area contributed by atoms with Crippen LogP contribution >= 0.6 is 12.2 Å². The summed E-state index contributed by atoms with van der Waals surface area (Å²) >= 11 is 5.23. The van der Waals surface area contributed by atoms with Crippen molar-refractivity contribution in [2.45, 2.75) is 13.8 Å². The Morgan fingerprint density at radius 3 is 2.68 bits per heavy atom. The third-order valence-corrected chi connectivity index (χ3v) is 3.18. The number of nitrogens with one attached hydrogen (secondary N) is 2. The second-order valence-electron chi connectivity index (χ2n) is 4.61. The van der Waals surface area contributed by atoms with Crippen molar-refractivity contribution in [1.29, 1.82) is 0 Å². The molecule has 0 aliphatic heterocycles. The van der Waals surface area contributed by atoms with Crippen molar-refractivity contribution in [3.8, 4) is 5.75 Å². The number of aryl methyl sites for hydroxylation is 1. The molecule has 0 radical (unpaired) electrons. The lowest BCUT2D eigenvalue weighted by Crippen LogP contribution is -2.24. The van der Waals surface area contributed by atoms with Gasteiger partial charge in [0.2, 0.25) is 0 Å². The van der Waals surface area contributed by atoms with E-state index in [1.165, 1.54) is 0 Å². The number of nitrogens with zero attached hydrogens (tertiary/aromatic N) is 1. The summed E-state index contributed by atoms with van der Waals surface area (Å²) in [6, 6.07) is 15.7. The van der Waals surface area contributed by atoms with Crippen LogP contribution in [0, 0.1) is 6.92 Å². The molecule has 0 saturated carbocycles. The Kier molecular flexibility index (Phi) is 5.91. The van der Waals surface area contributed by atoms with Gasteiger partial charge in [-0.1, -0.05) is 30.3 Å². The molecule has 0 atom stereocenters. The summed E-state index contributed by atoms with van der Waals surface area (Å²) in [4.78, 5) is 0. The standard InChI is InChI=1S/C17H19N3OS/c1-3-21-16-11-7-5-9-14(16)12-18-20-17(22)19-15-10-6-4-8-13(15)2/h4-12H,3H2,1-2H3,(H2,19,20,22)/b18-12-. The van der Waals surface area contributed by atoms with Crippen LogP contribution in [0.15, 0.2) is 53.6 Å². The van der Waals surface area contributed by atoms with E-state index < -0.39 is 0 Å². The molecule has 0 spiro atoms. The van der Waals surface area contributed by atoms with Gasteiger partial charge in [-0.15, -0.1) is 0 Å². The van der Waals surface area contributed by atoms with E-state index in [2.05, 4.69) is 15.8 Å². The summed E-state index contributed by atoms with van der Waals surface area (Å²) < 4.78 is 5.54. The predicted octanol–water partition coefficient (Wildman–Crippen LogP) is 3.71. The molecule has 5 heteroatoms. The maximum Gasteiger partial charge on any atom is 0.191 e. The second-order valence-corrected chi connectivity index (χ2v) is 5.02. The summed E-state index contributed by atoms with van der Waals surface area (Å²) in [5.74, 6) is 0.799. The summed E-state index contributed by atoms with van der Waals surface area (Å²) in [7, 11) is 0. The van der Waals surface area contributed by atoms with Crippen molar-refractivity contribution in [3.63, 3.8) is 0 Å².